The number of aromatic nitrogens is 1. The Morgan fingerprint density at radius 3 is 3.19 bits per heavy atom. The zero-order valence-corrected chi connectivity index (χ0v) is 9.72. The van der Waals surface area contributed by atoms with E-state index in [9.17, 15) is 0 Å². The van der Waals surface area contributed by atoms with Crippen LogP contribution in [0.2, 0.25) is 0 Å². The summed E-state index contributed by atoms with van der Waals surface area (Å²) in [5.74, 6) is 1.27. The second-order valence-corrected chi connectivity index (χ2v) is 4.40. The first-order valence-electron chi connectivity index (χ1n) is 5.70. The smallest absolute Gasteiger partial charge is 0.123 e. The number of anilines is 1. The van der Waals surface area contributed by atoms with Crippen LogP contribution < -0.4 is 5.73 Å². The lowest BCUT2D eigenvalue weighted by atomic mass is 10.1. The van der Waals surface area contributed by atoms with Gasteiger partial charge in [0.1, 0.15) is 5.82 Å². The standard InChI is InChI=1S/C12H19N3O/c1-16-9-10-5-6-15(7-10)8-11-3-2-4-12(13)14-11/h2-4,10H,5-9H2,1H3,(H2,13,14). The Labute approximate surface area is 96.4 Å². The number of hydrogen-bond donors (Lipinski definition) is 1. The normalized spacial score (nSPS) is 21.4. The van der Waals surface area contributed by atoms with Crippen molar-refractivity contribution in [2.24, 2.45) is 5.92 Å². The number of nitrogens with zero attached hydrogens (tertiary/aromatic N) is 2. The summed E-state index contributed by atoms with van der Waals surface area (Å²) in [4.78, 5) is 6.72. The van der Waals surface area contributed by atoms with Crippen LogP contribution in [-0.4, -0.2) is 36.7 Å². The van der Waals surface area contributed by atoms with Crippen LogP contribution in [0, 0.1) is 5.92 Å². The predicted molar refractivity (Wildman–Crippen MR) is 63.9 cm³/mol. The summed E-state index contributed by atoms with van der Waals surface area (Å²) in [6, 6.07) is 5.81. The van der Waals surface area contributed by atoms with Gasteiger partial charge in [-0.1, -0.05) is 6.07 Å². The van der Waals surface area contributed by atoms with E-state index in [1.54, 1.807) is 7.11 Å². The molecular weight excluding hydrogens is 202 g/mol. The molecule has 16 heavy (non-hydrogen) atoms. The largest absolute Gasteiger partial charge is 0.384 e. The highest BCUT2D eigenvalue weighted by molar-refractivity contribution is 5.28. The third kappa shape index (κ3) is 2.93. The van der Waals surface area contributed by atoms with Gasteiger partial charge in [-0.2, -0.15) is 0 Å². The molecule has 0 spiro atoms. The van der Waals surface area contributed by atoms with Crippen LogP contribution >= 0.6 is 0 Å². The van der Waals surface area contributed by atoms with E-state index in [2.05, 4.69) is 9.88 Å². The third-order valence-corrected chi connectivity index (χ3v) is 2.99. The number of rotatable bonds is 4. The highest BCUT2D eigenvalue weighted by Gasteiger charge is 2.22. The predicted octanol–water partition coefficient (Wildman–Crippen LogP) is 1.13. The molecule has 2 N–H and O–H groups in total. The van der Waals surface area contributed by atoms with Crippen LogP contribution in [0.4, 0.5) is 5.82 Å². The number of methoxy groups -OCH3 is 1. The molecule has 0 saturated carbocycles. The molecule has 1 unspecified atom stereocenters. The molecule has 1 aromatic rings. The van der Waals surface area contributed by atoms with E-state index in [1.807, 2.05) is 18.2 Å². The lowest BCUT2D eigenvalue weighted by molar-refractivity contribution is 0.152. The van der Waals surface area contributed by atoms with Crippen molar-refractivity contribution in [1.82, 2.24) is 9.88 Å². The van der Waals surface area contributed by atoms with Crippen LogP contribution in [0.15, 0.2) is 18.2 Å². The first-order valence-corrected chi connectivity index (χ1v) is 5.70. The maximum Gasteiger partial charge on any atom is 0.123 e. The van der Waals surface area contributed by atoms with Gasteiger partial charge in [-0.15, -0.1) is 0 Å². The van der Waals surface area contributed by atoms with Crippen LogP contribution in [0.25, 0.3) is 0 Å². The van der Waals surface area contributed by atoms with Gasteiger partial charge in [0.05, 0.1) is 12.3 Å². The Hall–Kier alpha value is -1.13. The molecule has 1 aromatic heterocycles. The first-order chi connectivity index (χ1) is 7.78. The van der Waals surface area contributed by atoms with E-state index in [1.165, 1.54) is 6.42 Å². The van der Waals surface area contributed by atoms with Gasteiger partial charge in [-0.3, -0.25) is 4.90 Å². The summed E-state index contributed by atoms with van der Waals surface area (Å²) in [6.07, 6.45) is 1.22. The molecule has 0 aromatic carbocycles. The number of pyridine rings is 1. The second-order valence-electron chi connectivity index (χ2n) is 4.40. The minimum atomic E-state index is 0.602. The van der Waals surface area contributed by atoms with Gasteiger partial charge in [0.25, 0.3) is 0 Å². The minimum absolute atomic E-state index is 0.602. The van der Waals surface area contributed by atoms with Crippen molar-refractivity contribution < 1.29 is 4.74 Å². The maximum atomic E-state index is 5.66. The van der Waals surface area contributed by atoms with Crippen molar-refractivity contribution in [1.29, 1.82) is 0 Å². The molecular formula is C12H19N3O. The number of likely N-dealkylation sites (tertiary alicyclic amines) is 1. The molecule has 88 valence electrons. The summed E-state index contributed by atoms with van der Waals surface area (Å²) >= 11 is 0. The SMILES string of the molecule is COCC1CCN(Cc2cccc(N)n2)C1. The molecule has 0 bridgehead atoms. The molecule has 0 radical (unpaired) electrons. The molecule has 0 aliphatic carbocycles. The monoisotopic (exact) mass is 221 g/mol. The minimum Gasteiger partial charge on any atom is -0.384 e. The number of ether oxygens (including phenoxy) is 1. The second kappa shape index (κ2) is 5.27. The van der Waals surface area contributed by atoms with Gasteiger partial charge >= 0.3 is 0 Å². The lowest BCUT2D eigenvalue weighted by Gasteiger charge is -2.15. The molecule has 2 heterocycles. The number of nitrogens with two attached hydrogens (primary N) is 1. The van der Waals surface area contributed by atoms with Gasteiger partial charge < -0.3 is 10.5 Å². The Bertz CT molecular complexity index is 343. The Balaban J connectivity index is 1.87. The van der Waals surface area contributed by atoms with E-state index in [0.717, 1.165) is 31.9 Å². The van der Waals surface area contributed by atoms with Crippen molar-refractivity contribution >= 4 is 5.82 Å². The first kappa shape index (κ1) is 11.4. The Kier molecular flexibility index (Phi) is 3.74. The van der Waals surface area contributed by atoms with Gasteiger partial charge in [0.15, 0.2) is 0 Å². The highest BCUT2D eigenvalue weighted by atomic mass is 16.5. The topological polar surface area (TPSA) is 51.4 Å². The molecule has 1 atom stereocenters. The lowest BCUT2D eigenvalue weighted by Crippen LogP contribution is -2.22. The summed E-state index contributed by atoms with van der Waals surface area (Å²) < 4.78 is 5.18. The fourth-order valence-corrected chi connectivity index (χ4v) is 2.24. The van der Waals surface area contributed by atoms with E-state index in [4.69, 9.17) is 10.5 Å². The zero-order chi connectivity index (χ0) is 11.4. The van der Waals surface area contributed by atoms with Gasteiger partial charge in [0.2, 0.25) is 0 Å². The zero-order valence-electron chi connectivity index (χ0n) is 9.72. The van der Waals surface area contributed by atoms with Crippen LogP contribution in [0.1, 0.15) is 12.1 Å². The fraction of sp³-hybridized carbons (Fsp3) is 0.583. The number of hydrogen-bond acceptors (Lipinski definition) is 4. The Morgan fingerprint density at radius 1 is 1.56 bits per heavy atom. The third-order valence-electron chi connectivity index (χ3n) is 2.99. The van der Waals surface area contributed by atoms with Crippen LogP contribution in [0.3, 0.4) is 0 Å². The molecule has 0 amide bonds. The van der Waals surface area contributed by atoms with Crippen molar-refractivity contribution in [3.63, 3.8) is 0 Å². The van der Waals surface area contributed by atoms with Crippen LogP contribution in [0.5, 0.6) is 0 Å². The van der Waals surface area contributed by atoms with Gasteiger partial charge in [-0.05, 0) is 31.0 Å². The highest BCUT2D eigenvalue weighted by Crippen LogP contribution is 2.18. The molecule has 1 fully saturated rings. The summed E-state index contributed by atoms with van der Waals surface area (Å²) in [6.45, 7) is 3.99. The molecule has 1 aliphatic rings. The van der Waals surface area contributed by atoms with E-state index >= 15 is 0 Å². The summed E-state index contributed by atoms with van der Waals surface area (Å²) in [5.41, 5.74) is 6.71. The van der Waals surface area contributed by atoms with E-state index in [-0.39, 0.29) is 0 Å². The van der Waals surface area contributed by atoms with Gasteiger partial charge in [0, 0.05) is 20.2 Å². The van der Waals surface area contributed by atoms with Crippen molar-refractivity contribution in [2.75, 3.05) is 32.5 Å². The average molecular weight is 221 g/mol. The van der Waals surface area contributed by atoms with Crippen molar-refractivity contribution in [3.05, 3.63) is 23.9 Å². The molecule has 4 nitrogen and oxygen atoms in total. The maximum absolute atomic E-state index is 5.66. The average Bonchev–Trinajstić information content (AvgIpc) is 2.66. The molecule has 1 aliphatic heterocycles. The quantitative estimate of drug-likeness (QED) is 0.828. The summed E-state index contributed by atoms with van der Waals surface area (Å²) in [7, 11) is 1.77. The molecule has 1 saturated heterocycles. The van der Waals surface area contributed by atoms with Crippen molar-refractivity contribution in [3.8, 4) is 0 Å². The fourth-order valence-electron chi connectivity index (χ4n) is 2.24. The molecule has 2 rings (SSSR count). The van der Waals surface area contributed by atoms with E-state index < -0.39 is 0 Å². The van der Waals surface area contributed by atoms with E-state index in [0.29, 0.717) is 11.7 Å². The summed E-state index contributed by atoms with van der Waals surface area (Å²) in [5, 5.41) is 0. The van der Waals surface area contributed by atoms with Crippen LogP contribution in [-0.2, 0) is 11.3 Å². The number of nitrogen functional groups attached to an aromatic ring is 1. The van der Waals surface area contributed by atoms with Crippen molar-refractivity contribution in [2.45, 2.75) is 13.0 Å². The van der Waals surface area contributed by atoms with Gasteiger partial charge in [-0.25, -0.2) is 4.98 Å². The molecule has 4 heteroatoms. The Morgan fingerprint density at radius 2 is 2.44 bits per heavy atom.